The molecule has 0 radical (unpaired) electrons. The van der Waals surface area contributed by atoms with Crippen LogP contribution in [0.1, 0.15) is 33.1 Å². The minimum Gasteiger partial charge on any atom is -0.290 e. The van der Waals surface area contributed by atoms with Crippen LogP contribution in [0.25, 0.3) is 0 Å². The van der Waals surface area contributed by atoms with Gasteiger partial charge in [0.25, 0.3) is 0 Å². The SMILES string of the molecule is CCC[C@H]1C[C@H]2C=C(C)[C@@H]1C(=O)C2=O. The maximum absolute atomic E-state index is 11.7. The summed E-state index contributed by atoms with van der Waals surface area (Å²) in [5.74, 6) is -0.00986. The van der Waals surface area contributed by atoms with Crippen molar-refractivity contribution in [2.45, 2.75) is 33.1 Å². The Labute approximate surface area is 84.4 Å². The highest BCUT2D eigenvalue weighted by Crippen LogP contribution is 2.42. The Morgan fingerprint density at radius 3 is 2.64 bits per heavy atom. The van der Waals surface area contributed by atoms with E-state index in [9.17, 15) is 9.59 Å². The van der Waals surface area contributed by atoms with Crippen molar-refractivity contribution in [2.75, 3.05) is 0 Å². The second kappa shape index (κ2) is 3.34. The molecule has 0 aromatic rings. The second-order valence-corrected chi connectivity index (χ2v) is 4.51. The van der Waals surface area contributed by atoms with Crippen LogP contribution in [0.5, 0.6) is 0 Å². The van der Waals surface area contributed by atoms with Crippen LogP contribution in [0.4, 0.5) is 0 Å². The largest absolute Gasteiger partial charge is 0.290 e. The van der Waals surface area contributed by atoms with Crippen molar-refractivity contribution >= 4 is 11.6 Å². The zero-order valence-electron chi connectivity index (χ0n) is 8.75. The Balaban J connectivity index is 2.30. The van der Waals surface area contributed by atoms with Crippen LogP contribution < -0.4 is 0 Å². The third-order valence-corrected chi connectivity index (χ3v) is 3.50. The quantitative estimate of drug-likeness (QED) is 0.496. The molecule has 0 aromatic carbocycles. The first-order valence-corrected chi connectivity index (χ1v) is 5.41. The predicted molar refractivity (Wildman–Crippen MR) is 53.8 cm³/mol. The summed E-state index contributed by atoms with van der Waals surface area (Å²) in [6.45, 7) is 4.12. The molecular weight excluding hydrogens is 176 g/mol. The average molecular weight is 192 g/mol. The molecule has 0 amide bonds. The summed E-state index contributed by atoms with van der Waals surface area (Å²) in [7, 11) is 0. The molecule has 2 heteroatoms. The first-order valence-electron chi connectivity index (χ1n) is 5.41. The van der Waals surface area contributed by atoms with Crippen molar-refractivity contribution in [1.29, 1.82) is 0 Å². The molecule has 0 spiro atoms. The molecule has 2 bridgehead atoms. The van der Waals surface area contributed by atoms with Crippen LogP contribution in [0, 0.1) is 17.8 Å². The molecule has 2 nitrogen and oxygen atoms in total. The van der Waals surface area contributed by atoms with Crippen LogP contribution >= 0.6 is 0 Å². The van der Waals surface area contributed by atoms with Gasteiger partial charge in [-0.1, -0.05) is 25.0 Å². The summed E-state index contributed by atoms with van der Waals surface area (Å²) in [6, 6.07) is 0. The van der Waals surface area contributed by atoms with E-state index in [1.54, 1.807) is 0 Å². The minimum atomic E-state index is -0.145. The second-order valence-electron chi connectivity index (χ2n) is 4.51. The van der Waals surface area contributed by atoms with Gasteiger partial charge >= 0.3 is 0 Å². The van der Waals surface area contributed by atoms with E-state index in [1.165, 1.54) is 0 Å². The summed E-state index contributed by atoms with van der Waals surface area (Å²) in [4.78, 5) is 23.2. The molecule has 3 atom stereocenters. The average Bonchev–Trinajstić information content (AvgIpc) is 2.13. The molecule has 0 heterocycles. The Kier molecular flexibility index (Phi) is 2.30. The Morgan fingerprint density at radius 1 is 1.36 bits per heavy atom. The van der Waals surface area contributed by atoms with Crippen molar-refractivity contribution in [3.8, 4) is 0 Å². The lowest BCUT2D eigenvalue weighted by molar-refractivity contribution is -0.144. The number of ketones is 2. The van der Waals surface area contributed by atoms with Crippen molar-refractivity contribution in [3.63, 3.8) is 0 Å². The highest BCUT2D eigenvalue weighted by molar-refractivity contribution is 6.41. The third-order valence-electron chi connectivity index (χ3n) is 3.50. The molecule has 0 unspecified atom stereocenters. The standard InChI is InChI=1S/C12H16O2/c1-3-4-8-6-9-5-7(2)10(8)12(14)11(9)13/h5,8-10H,3-4,6H2,1-2H3/t8-,9+,10-/m0/s1. The molecule has 0 N–H and O–H groups in total. The molecule has 1 saturated carbocycles. The lowest BCUT2D eigenvalue weighted by Crippen LogP contribution is -2.45. The Hall–Kier alpha value is -0.920. The van der Waals surface area contributed by atoms with E-state index in [1.807, 2.05) is 13.0 Å². The van der Waals surface area contributed by atoms with Crippen LogP contribution in [0.3, 0.4) is 0 Å². The maximum atomic E-state index is 11.7. The van der Waals surface area contributed by atoms with Gasteiger partial charge in [-0.2, -0.15) is 0 Å². The number of carbonyl (C=O) groups excluding carboxylic acids is 2. The monoisotopic (exact) mass is 192 g/mol. The highest BCUT2D eigenvalue weighted by Gasteiger charge is 2.46. The van der Waals surface area contributed by atoms with Crippen LogP contribution in [0.2, 0.25) is 0 Å². The van der Waals surface area contributed by atoms with Gasteiger partial charge in [-0.25, -0.2) is 0 Å². The highest BCUT2D eigenvalue weighted by atomic mass is 16.2. The summed E-state index contributed by atoms with van der Waals surface area (Å²) in [6.07, 6.45) is 5.08. The van der Waals surface area contributed by atoms with Crippen molar-refractivity contribution in [2.24, 2.45) is 17.8 Å². The molecule has 0 saturated heterocycles. The van der Waals surface area contributed by atoms with Gasteiger partial charge < -0.3 is 0 Å². The summed E-state index contributed by atoms with van der Waals surface area (Å²) in [5.41, 5.74) is 1.13. The third kappa shape index (κ3) is 1.24. The number of Topliss-reactive ketones (excluding diaryl/α,β-unsaturated/α-hetero) is 2. The van der Waals surface area contributed by atoms with Crippen molar-refractivity contribution < 1.29 is 9.59 Å². The molecule has 14 heavy (non-hydrogen) atoms. The lowest BCUT2D eigenvalue weighted by atomic mass is 9.63. The van der Waals surface area contributed by atoms with E-state index in [0.717, 1.165) is 24.8 Å². The summed E-state index contributed by atoms with van der Waals surface area (Å²) < 4.78 is 0. The molecule has 3 rings (SSSR count). The molecule has 0 aliphatic heterocycles. The lowest BCUT2D eigenvalue weighted by Gasteiger charge is -2.38. The van der Waals surface area contributed by atoms with Gasteiger partial charge in [-0.05, 0) is 25.7 Å². The predicted octanol–water partition coefficient (Wildman–Crippen LogP) is 2.14. The van der Waals surface area contributed by atoms with Crippen LogP contribution in [0.15, 0.2) is 11.6 Å². The fourth-order valence-corrected chi connectivity index (χ4v) is 2.92. The zero-order chi connectivity index (χ0) is 10.3. The number of rotatable bonds is 2. The van der Waals surface area contributed by atoms with Crippen LogP contribution in [-0.4, -0.2) is 11.6 Å². The van der Waals surface area contributed by atoms with E-state index in [-0.39, 0.29) is 23.4 Å². The molecule has 1 fully saturated rings. The Bertz CT molecular complexity index is 314. The Morgan fingerprint density at radius 2 is 2.07 bits per heavy atom. The van der Waals surface area contributed by atoms with Gasteiger partial charge in [0.15, 0.2) is 0 Å². The van der Waals surface area contributed by atoms with E-state index >= 15 is 0 Å². The number of hydrogen-bond donors (Lipinski definition) is 0. The minimum absolute atomic E-state index is 0.0764. The van der Waals surface area contributed by atoms with Gasteiger partial charge in [-0.3, -0.25) is 9.59 Å². The molecule has 76 valence electrons. The van der Waals surface area contributed by atoms with Gasteiger partial charge in [0.1, 0.15) is 0 Å². The number of allylic oxidation sites excluding steroid dienone is 2. The molecule has 3 aliphatic carbocycles. The normalized spacial score (nSPS) is 36.1. The first-order chi connectivity index (χ1) is 6.65. The van der Waals surface area contributed by atoms with Gasteiger partial charge in [0.05, 0.1) is 0 Å². The fraction of sp³-hybridized carbons (Fsp3) is 0.667. The van der Waals surface area contributed by atoms with Gasteiger partial charge in [-0.15, -0.1) is 0 Å². The number of carbonyl (C=O) groups is 2. The van der Waals surface area contributed by atoms with Crippen LogP contribution in [-0.2, 0) is 9.59 Å². The molecule has 0 aromatic heterocycles. The number of fused-ring (bicyclic) bond motifs is 2. The molecule has 3 aliphatic rings. The summed E-state index contributed by atoms with van der Waals surface area (Å²) in [5, 5.41) is 0. The molecular formula is C12H16O2. The first kappa shape index (κ1) is 9.63. The van der Waals surface area contributed by atoms with Gasteiger partial charge in [0, 0.05) is 11.8 Å². The maximum Gasteiger partial charge on any atom is 0.206 e. The smallest absolute Gasteiger partial charge is 0.206 e. The zero-order valence-corrected chi connectivity index (χ0v) is 8.75. The van der Waals surface area contributed by atoms with Gasteiger partial charge in [0.2, 0.25) is 11.6 Å². The van der Waals surface area contributed by atoms with E-state index in [4.69, 9.17) is 0 Å². The van der Waals surface area contributed by atoms with E-state index in [0.29, 0.717) is 5.92 Å². The van der Waals surface area contributed by atoms with E-state index in [2.05, 4.69) is 6.92 Å². The number of hydrogen-bond acceptors (Lipinski definition) is 2. The van der Waals surface area contributed by atoms with Crippen molar-refractivity contribution in [3.05, 3.63) is 11.6 Å². The van der Waals surface area contributed by atoms with Crippen molar-refractivity contribution in [1.82, 2.24) is 0 Å². The fourth-order valence-electron chi connectivity index (χ4n) is 2.92. The summed E-state index contributed by atoms with van der Waals surface area (Å²) >= 11 is 0. The topological polar surface area (TPSA) is 34.1 Å². The van der Waals surface area contributed by atoms with E-state index < -0.39 is 0 Å².